The Morgan fingerprint density at radius 3 is 2.61 bits per heavy atom. The maximum atomic E-state index is 14.8. The Hall–Kier alpha value is -2.52. The van der Waals surface area contributed by atoms with Crippen molar-refractivity contribution >= 4 is 11.9 Å². The van der Waals surface area contributed by atoms with E-state index in [1.165, 1.54) is 32.3 Å². The molecule has 2 saturated carbocycles. The van der Waals surface area contributed by atoms with Crippen LogP contribution < -0.4 is 5.32 Å². The van der Waals surface area contributed by atoms with E-state index < -0.39 is 88.4 Å². The van der Waals surface area contributed by atoms with Gasteiger partial charge in [-0.2, -0.15) is 0 Å². The number of aliphatic hydroxyl groups is 2. The van der Waals surface area contributed by atoms with Gasteiger partial charge in [0.15, 0.2) is 18.0 Å². The van der Waals surface area contributed by atoms with Crippen molar-refractivity contribution < 1.29 is 47.9 Å². The van der Waals surface area contributed by atoms with Crippen LogP contribution in [0, 0.1) is 28.5 Å². The Morgan fingerprint density at radius 2 is 2.02 bits per heavy atom. The van der Waals surface area contributed by atoms with Crippen LogP contribution in [0.4, 0.5) is 4.39 Å². The van der Waals surface area contributed by atoms with Crippen LogP contribution in [0.5, 0.6) is 0 Å². The number of aromatic nitrogens is 1. The molecule has 2 aliphatic heterocycles. The highest BCUT2D eigenvalue weighted by atomic mass is 19.1. The van der Waals surface area contributed by atoms with E-state index >= 15 is 0 Å². The van der Waals surface area contributed by atoms with Crippen molar-refractivity contribution in [2.24, 2.45) is 22.7 Å². The molecule has 3 N–H and O–H groups in total. The maximum absolute atomic E-state index is 14.8. The predicted molar refractivity (Wildman–Crippen MR) is 174 cm³/mol. The van der Waals surface area contributed by atoms with Gasteiger partial charge in [0.25, 0.3) is 0 Å². The number of nitrogens with one attached hydrogen (secondary N) is 1. The van der Waals surface area contributed by atoms with Crippen molar-refractivity contribution in [1.29, 1.82) is 1.43 Å². The molecule has 12 atom stereocenters. The van der Waals surface area contributed by atoms with Gasteiger partial charge in [-0.15, -0.1) is 0 Å². The Balaban J connectivity index is 1.47. The smallest absolute Gasteiger partial charge is 0.337 e. The molecule has 0 unspecified atom stereocenters. The molecule has 3 aliphatic carbocycles. The molecule has 6 rings (SSSR count). The average Bonchev–Trinajstić information content (AvgIpc) is 3.43. The first kappa shape index (κ1) is 34.9. The number of nitrogens with zero attached hydrogens (tertiary/aromatic N) is 2. The quantitative estimate of drug-likeness (QED) is 0.258. The van der Waals surface area contributed by atoms with Gasteiger partial charge in [0.2, 0.25) is 1.43 Å². The molecule has 2 bridgehead atoms. The van der Waals surface area contributed by atoms with Gasteiger partial charge in [0.05, 0.1) is 30.0 Å². The number of halogens is 1. The van der Waals surface area contributed by atoms with Crippen molar-refractivity contribution in [3.8, 4) is 0 Å². The Morgan fingerprint density at radius 1 is 1.29 bits per heavy atom. The standard InChI is InChI=1S/C36H52FN3O9/c1-18-22(46-32(43)28(42)27(38-7)26-21(37)11-10-14-39-26)15-36(44)19(2)30-34(6,13-12-23-35(30,17-45-23)49-20(3)41)31-29(25(18)33(36,4)5)47-24(48-31)16-40(8)9/h10-11,14,19,22-24,27-31,38,42,44H,12-13,15-17H2,1-9H3/t19-,22-,23+,24+,27-,28-,29+,30-,31+,34+,35-,36+/m0/s1/i42T. The molecule has 12 nitrogen and oxygen atoms in total. The number of aliphatic hydroxyl groups excluding tert-OH is 1. The molecule has 0 radical (unpaired) electrons. The monoisotopic (exact) mass is 691 g/mol. The Labute approximate surface area is 289 Å². The van der Waals surface area contributed by atoms with Crippen molar-refractivity contribution in [3.05, 3.63) is 41.0 Å². The summed E-state index contributed by atoms with van der Waals surface area (Å²) in [5, 5.41) is 21.0. The molecule has 49 heavy (non-hydrogen) atoms. The lowest BCUT2D eigenvalue weighted by Gasteiger charge is -2.68. The summed E-state index contributed by atoms with van der Waals surface area (Å²) >= 11 is 0. The minimum Gasteiger partial charge on any atom is -0.456 e. The predicted octanol–water partition coefficient (Wildman–Crippen LogP) is 2.67. The van der Waals surface area contributed by atoms with Gasteiger partial charge in [-0.1, -0.05) is 27.7 Å². The third kappa shape index (κ3) is 5.46. The van der Waals surface area contributed by atoms with Crippen LogP contribution in [-0.4, -0.2) is 116 Å². The lowest BCUT2D eigenvalue weighted by atomic mass is 9.43. The van der Waals surface area contributed by atoms with Crippen LogP contribution in [0.2, 0.25) is 0 Å². The summed E-state index contributed by atoms with van der Waals surface area (Å²) in [4.78, 5) is 32.8. The third-order valence-corrected chi connectivity index (χ3v) is 12.5. The fourth-order valence-corrected chi connectivity index (χ4v) is 10.2. The number of pyridine rings is 1. The highest BCUT2D eigenvalue weighted by Crippen LogP contribution is 2.67. The van der Waals surface area contributed by atoms with Crippen LogP contribution in [0.25, 0.3) is 0 Å². The fourth-order valence-electron chi connectivity index (χ4n) is 10.2. The average molecular weight is 692 g/mol. The number of carbonyl (C=O) groups excluding carboxylic acids is 2. The Bertz CT molecular complexity index is 1530. The van der Waals surface area contributed by atoms with E-state index in [2.05, 4.69) is 17.2 Å². The van der Waals surface area contributed by atoms with Crippen LogP contribution in [0.15, 0.2) is 29.5 Å². The van der Waals surface area contributed by atoms with E-state index in [4.69, 9.17) is 30.2 Å². The van der Waals surface area contributed by atoms with E-state index in [0.29, 0.717) is 25.0 Å². The van der Waals surface area contributed by atoms with E-state index in [0.717, 1.165) is 5.57 Å². The van der Waals surface area contributed by atoms with Crippen LogP contribution >= 0.6 is 0 Å². The van der Waals surface area contributed by atoms with Crippen molar-refractivity contribution in [2.75, 3.05) is 34.3 Å². The van der Waals surface area contributed by atoms with Crippen molar-refractivity contribution in [2.45, 2.75) is 115 Å². The first-order chi connectivity index (χ1) is 23.5. The zero-order chi connectivity index (χ0) is 36.6. The number of ether oxygens (including phenoxy) is 5. The molecule has 0 amide bonds. The number of carbonyl (C=O) groups is 2. The van der Waals surface area contributed by atoms with Crippen LogP contribution in [-0.2, 0) is 33.3 Å². The van der Waals surface area contributed by atoms with Gasteiger partial charge in [-0.3, -0.25) is 9.78 Å². The summed E-state index contributed by atoms with van der Waals surface area (Å²) in [6.07, 6.45) is -1.89. The van der Waals surface area contributed by atoms with Gasteiger partial charge in [0.1, 0.15) is 24.1 Å². The van der Waals surface area contributed by atoms with E-state index in [9.17, 15) is 19.1 Å². The van der Waals surface area contributed by atoms with Gasteiger partial charge >= 0.3 is 11.9 Å². The van der Waals surface area contributed by atoms with E-state index in [1.54, 1.807) is 0 Å². The molecule has 0 aromatic carbocycles. The summed E-state index contributed by atoms with van der Waals surface area (Å²) in [7, 11) is 5.39. The first-order valence-corrected chi connectivity index (χ1v) is 17.3. The van der Waals surface area contributed by atoms with Crippen LogP contribution in [0.3, 0.4) is 0 Å². The molecule has 5 aliphatic rings. The SMILES string of the molecule is [3H]O[C@H](C(=O)O[C@H]1C[C@@]2(O)[C@@H](C)[C@H]3[C@@](C)(CC[C@H]4OC[C@]43OC(C)=O)[C@@H]3O[C@H](CN(C)C)O[C@@H]3C(=C1C)C2(C)C)[C@@H](NC)c1ncccc1F. The third-order valence-electron chi connectivity index (χ3n) is 12.5. The Kier molecular flexibility index (Phi) is 8.98. The summed E-state index contributed by atoms with van der Waals surface area (Å²) in [5.74, 6) is -2.96. The summed E-state index contributed by atoms with van der Waals surface area (Å²) < 4.78 is 54.8. The second kappa shape index (κ2) is 12.6. The van der Waals surface area contributed by atoms with Crippen LogP contribution in [0.1, 0.15) is 72.5 Å². The number of hydrogen-bond acceptors (Lipinski definition) is 12. The number of likely N-dealkylation sites (N-methyl/N-ethyl adjacent to an activating group) is 2. The van der Waals surface area contributed by atoms with Gasteiger partial charge < -0.3 is 44.1 Å². The van der Waals surface area contributed by atoms with Gasteiger partial charge in [-0.25, -0.2) is 9.18 Å². The van der Waals surface area contributed by atoms with Gasteiger partial charge in [-0.05, 0) is 70.1 Å². The molecule has 272 valence electrons. The molecular formula is C36H52FN3O9. The first-order valence-electron chi connectivity index (χ1n) is 17.7. The maximum Gasteiger partial charge on any atom is 0.337 e. The molecule has 1 aromatic rings. The van der Waals surface area contributed by atoms with E-state index in [1.807, 2.05) is 46.7 Å². The number of fused-ring (bicyclic) bond motifs is 8. The molecule has 2 saturated heterocycles. The second-order valence-corrected chi connectivity index (χ2v) is 15.8. The molecule has 3 heterocycles. The minimum absolute atomic E-state index is 0.00273. The summed E-state index contributed by atoms with van der Waals surface area (Å²) in [6.45, 7) is 12.1. The van der Waals surface area contributed by atoms with Gasteiger partial charge in [0, 0.05) is 42.8 Å². The minimum atomic E-state index is -1.58. The molecule has 4 fully saturated rings. The lowest BCUT2D eigenvalue weighted by Crippen LogP contribution is -2.77. The zero-order valence-corrected chi connectivity index (χ0v) is 29.9. The number of esters is 2. The van der Waals surface area contributed by atoms with Crippen molar-refractivity contribution in [3.63, 3.8) is 0 Å². The number of rotatable bonds is 9. The lowest BCUT2D eigenvalue weighted by molar-refractivity contribution is -0.337. The fraction of sp³-hybridized carbons (Fsp3) is 0.750. The summed E-state index contributed by atoms with van der Waals surface area (Å²) in [5.41, 5.74) is -2.69. The topological polar surface area (TPSA) is 149 Å². The number of hydrogen-bond donors (Lipinski definition) is 3. The second-order valence-electron chi connectivity index (χ2n) is 15.8. The molecule has 1 aromatic heterocycles. The molecular weight excluding hydrogens is 637 g/mol. The highest BCUT2D eigenvalue weighted by Gasteiger charge is 2.75. The highest BCUT2D eigenvalue weighted by molar-refractivity contribution is 5.76. The molecule has 0 spiro atoms. The van der Waals surface area contributed by atoms with E-state index in [-0.39, 0.29) is 24.8 Å². The molecule has 13 heteroatoms. The normalized spacial score (nSPS) is 40.8. The largest absolute Gasteiger partial charge is 0.456 e. The zero-order valence-electron chi connectivity index (χ0n) is 30.9. The van der Waals surface area contributed by atoms with Crippen molar-refractivity contribution in [1.82, 2.24) is 15.2 Å². The summed E-state index contributed by atoms with van der Waals surface area (Å²) in [6, 6.07) is 1.51.